The summed E-state index contributed by atoms with van der Waals surface area (Å²) in [6, 6.07) is -22.0. The molecule has 0 fully saturated rings. The van der Waals surface area contributed by atoms with Gasteiger partial charge in [-0.15, -0.1) is 11.3 Å². The zero-order chi connectivity index (χ0) is 51.0. The van der Waals surface area contributed by atoms with Crippen LogP contribution in [0.5, 0.6) is 0 Å². The van der Waals surface area contributed by atoms with E-state index in [2.05, 4.69) is 0 Å². The summed E-state index contributed by atoms with van der Waals surface area (Å²) in [6.45, 7) is 0. The fourth-order valence-corrected chi connectivity index (χ4v) is 6.25. The quantitative estimate of drug-likeness (QED) is 0.180. The molecule has 8 aromatic carbocycles. The van der Waals surface area contributed by atoms with Crippen molar-refractivity contribution >= 4 is 63.8 Å². The van der Waals surface area contributed by atoms with E-state index in [1.54, 1.807) is 0 Å². The van der Waals surface area contributed by atoms with E-state index < -0.39 is 212 Å². The molecule has 0 saturated carbocycles. The molecule has 9 rings (SSSR count). The molecule has 1 heteroatoms. The number of thiophene rings is 1. The van der Waals surface area contributed by atoms with Gasteiger partial charge in [-0.1, -0.05) is 145 Å². The summed E-state index contributed by atoms with van der Waals surface area (Å²) in [5.41, 5.74) is -4.02. The van der Waals surface area contributed by atoms with Gasteiger partial charge in [0.1, 0.15) is 0 Å². The van der Waals surface area contributed by atoms with Crippen LogP contribution in [0.15, 0.2) is 157 Å². The third kappa shape index (κ3) is 3.82. The Morgan fingerprint density at radius 2 is 0.860 bits per heavy atom. The summed E-state index contributed by atoms with van der Waals surface area (Å²) < 4.78 is 231. The lowest BCUT2D eigenvalue weighted by molar-refractivity contribution is 1.64. The Bertz CT molecular complexity index is 3830. The predicted octanol–water partition coefficient (Wildman–Crippen LogP) is 12.5. The van der Waals surface area contributed by atoms with Gasteiger partial charge in [0, 0.05) is 20.2 Å². The van der Waals surface area contributed by atoms with Crippen molar-refractivity contribution in [2.45, 2.75) is 0 Å². The SMILES string of the molecule is [2H]c1c([2H])c([2H])c(-c2c3c([2H])c([2H])c([2H])c([2H])c3c(-c3c([2H])c([2H])c(-c4c([2H])c([2H])c([2H])c5c4sc4c([2H])c6c([2H])c([2H])c([2H])c([2H])c6c([2H])c45)c([2H])c3[2H])c3c([2H])c([2H])c([2H])c([2H])c23)c([2H])c1[2H]. The van der Waals surface area contributed by atoms with Crippen LogP contribution < -0.4 is 0 Å². The van der Waals surface area contributed by atoms with Gasteiger partial charge in [0.25, 0.3) is 0 Å². The van der Waals surface area contributed by atoms with Crippen LogP contribution in [0.4, 0.5) is 0 Å². The Morgan fingerprint density at radius 3 is 1.49 bits per heavy atom. The Hall–Kier alpha value is -5.24. The molecule has 0 spiro atoms. The molecule has 0 unspecified atom stereocenters. The van der Waals surface area contributed by atoms with Gasteiger partial charge in [-0.2, -0.15) is 0 Å². The molecule has 0 bridgehead atoms. The van der Waals surface area contributed by atoms with Crippen molar-refractivity contribution in [2.24, 2.45) is 0 Å². The second-order valence-corrected chi connectivity index (χ2v) is 10.3. The van der Waals surface area contributed by atoms with Gasteiger partial charge < -0.3 is 0 Å². The van der Waals surface area contributed by atoms with Gasteiger partial charge >= 0.3 is 0 Å². The van der Waals surface area contributed by atoms with Gasteiger partial charge in [-0.05, 0) is 77.8 Å². The van der Waals surface area contributed by atoms with E-state index in [4.69, 9.17) is 23.3 Å². The second-order valence-electron chi connectivity index (χ2n) is 9.26. The van der Waals surface area contributed by atoms with Crippen molar-refractivity contribution in [2.75, 3.05) is 0 Å². The molecule has 43 heavy (non-hydrogen) atoms. The molecule has 0 saturated heterocycles. The molecule has 0 radical (unpaired) electrons. The fraction of sp³-hybridized carbons (Fsp3) is 0. The minimum atomic E-state index is -1.02. The highest BCUT2D eigenvalue weighted by molar-refractivity contribution is 7.26. The Balaban J connectivity index is 1.51. The first kappa shape index (κ1) is 9.91. The normalized spacial score (nSPS) is 20.2. The Labute approximate surface area is 290 Å². The third-order valence-electron chi connectivity index (χ3n) is 6.94. The van der Waals surface area contributed by atoms with E-state index in [1.165, 1.54) is 0 Å². The average molecular weight is 589 g/mol. The van der Waals surface area contributed by atoms with E-state index in [0.717, 1.165) is 0 Å². The van der Waals surface area contributed by atoms with Crippen molar-refractivity contribution in [1.29, 1.82) is 0 Å². The molecule has 9 aromatic rings. The Morgan fingerprint density at radius 1 is 0.372 bits per heavy atom. The molecule has 0 aliphatic rings. The van der Waals surface area contributed by atoms with E-state index >= 15 is 0 Å². The van der Waals surface area contributed by atoms with Crippen molar-refractivity contribution in [3.8, 4) is 33.4 Å². The molecular formula is C42H26S. The summed E-state index contributed by atoms with van der Waals surface area (Å²) in [6.07, 6.45) is 0. The minimum Gasteiger partial charge on any atom is -0.135 e. The Kier molecular flexibility index (Phi) is 2.23. The number of benzene rings is 8. The smallest absolute Gasteiger partial charge is 0.0644 e. The first-order valence-corrected chi connectivity index (χ1v) is 13.5. The van der Waals surface area contributed by atoms with Crippen LogP contribution in [-0.2, 0) is 0 Å². The number of hydrogen-bond acceptors (Lipinski definition) is 1. The van der Waals surface area contributed by atoms with E-state index in [9.17, 15) is 12.3 Å². The zero-order valence-corrected chi connectivity index (χ0v) is 22.2. The maximum Gasteiger partial charge on any atom is 0.0644 e. The summed E-state index contributed by atoms with van der Waals surface area (Å²) >= 11 is 0.641. The van der Waals surface area contributed by atoms with Crippen LogP contribution in [0.2, 0.25) is 0 Å². The summed E-state index contributed by atoms with van der Waals surface area (Å²) in [7, 11) is 0. The first-order valence-electron chi connectivity index (χ1n) is 25.7. The van der Waals surface area contributed by atoms with Crippen LogP contribution >= 0.6 is 11.3 Å². The molecule has 0 atom stereocenters. The van der Waals surface area contributed by atoms with Crippen molar-refractivity contribution < 1.29 is 35.6 Å². The molecule has 1 aromatic heterocycles. The first-order chi connectivity index (χ1) is 32.2. The van der Waals surface area contributed by atoms with Crippen molar-refractivity contribution in [3.05, 3.63) is 157 Å². The minimum absolute atomic E-state index is 0.125. The van der Waals surface area contributed by atoms with E-state index in [0.29, 0.717) is 11.3 Å². The van der Waals surface area contributed by atoms with E-state index in [1.807, 2.05) is 0 Å². The van der Waals surface area contributed by atoms with Gasteiger partial charge in [-0.3, -0.25) is 0 Å². The predicted molar refractivity (Wildman–Crippen MR) is 188 cm³/mol. The standard InChI is InChI=1S/C42H26S/c1-2-11-28(12-3-1)40-33-15-6-8-17-35(33)41(36-18-9-7-16-34(36)40)29-23-21-27(22-24-29)32-19-10-20-37-38-25-30-13-4-5-14-31(30)26-39(38)43-42(32)37/h1-26H/i1D,2D,3D,4D,5D,6D,7D,8D,9D,10D,11D,12D,13D,14D,15D,16D,17D,18D,19D,20D,21D,22D,23D,24D,25D,26D. The maximum atomic E-state index is 9.57. The number of fused-ring (bicyclic) bond motifs is 6. The highest BCUT2D eigenvalue weighted by Crippen LogP contribution is 2.45. The number of hydrogen-bond donors (Lipinski definition) is 0. The molecule has 0 N–H and O–H groups in total. The molecular weight excluding hydrogens is 537 g/mol. The largest absolute Gasteiger partial charge is 0.135 e. The van der Waals surface area contributed by atoms with Crippen molar-refractivity contribution in [1.82, 2.24) is 0 Å². The van der Waals surface area contributed by atoms with E-state index in [-0.39, 0.29) is 30.9 Å². The highest BCUT2D eigenvalue weighted by atomic mass is 32.1. The average Bonchev–Trinajstić information content (AvgIpc) is 3.73. The lowest BCUT2D eigenvalue weighted by Gasteiger charge is -2.18. The highest BCUT2D eigenvalue weighted by Gasteiger charge is 2.17. The molecule has 0 amide bonds. The molecule has 200 valence electrons. The summed E-state index contributed by atoms with van der Waals surface area (Å²) in [5.74, 6) is 0. The lowest BCUT2D eigenvalue weighted by atomic mass is 9.86. The zero-order valence-electron chi connectivity index (χ0n) is 47.4. The molecule has 0 nitrogen and oxygen atoms in total. The van der Waals surface area contributed by atoms with Crippen LogP contribution in [0.25, 0.3) is 85.9 Å². The fourth-order valence-electron chi connectivity index (χ4n) is 5.12. The molecule has 0 aliphatic heterocycles. The molecule has 0 aliphatic carbocycles. The van der Waals surface area contributed by atoms with Gasteiger partial charge in [0.2, 0.25) is 0 Å². The van der Waals surface area contributed by atoms with Crippen molar-refractivity contribution in [3.63, 3.8) is 0 Å². The van der Waals surface area contributed by atoms with Gasteiger partial charge in [0.15, 0.2) is 0 Å². The molecule has 1 heterocycles. The second kappa shape index (κ2) is 9.66. The monoisotopic (exact) mass is 588 g/mol. The topological polar surface area (TPSA) is 0 Å². The van der Waals surface area contributed by atoms with Gasteiger partial charge in [-0.25, -0.2) is 0 Å². The van der Waals surface area contributed by atoms with Crippen LogP contribution in [-0.4, -0.2) is 0 Å². The lowest BCUT2D eigenvalue weighted by Crippen LogP contribution is -1.90. The van der Waals surface area contributed by atoms with Crippen LogP contribution in [0.3, 0.4) is 0 Å². The van der Waals surface area contributed by atoms with Gasteiger partial charge in [0.05, 0.1) is 35.6 Å². The summed E-state index contributed by atoms with van der Waals surface area (Å²) in [4.78, 5) is 0. The number of rotatable bonds is 3. The third-order valence-corrected chi connectivity index (χ3v) is 8.06. The van der Waals surface area contributed by atoms with Crippen LogP contribution in [0, 0.1) is 0 Å². The van der Waals surface area contributed by atoms with Crippen LogP contribution in [0.1, 0.15) is 35.6 Å². The summed E-state index contributed by atoms with van der Waals surface area (Å²) in [5, 5.41) is -3.88. The maximum absolute atomic E-state index is 9.57.